The minimum absolute atomic E-state index is 0.408. The Hall–Kier alpha value is 0.240. The van der Waals surface area contributed by atoms with E-state index in [2.05, 4.69) is 0 Å². The topological polar surface area (TPSA) is 34.1 Å². The zero-order valence-corrected chi connectivity index (χ0v) is 8.37. The van der Waals surface area contributed by atoms with E-state index in [4.69, 9.17) is 10.7 Å². The van der Waals surface area contributed by atoms with Gasteiger partial charge in [0.05, 0.1) is 4.75 Å². The molecule has 0 amide bonds. The number of rotatable bonds is 3. The summed E-state index contributed by atoms with van der Waals surface area (Å²) in [5.74, 6) is 0.408. The van der Waals surface area contributed by atoms with Gasteiger partial charge in [-0.2, -0.15) is 0 Å². The third-order valence-corrected chi connectivity index (χ3v) is 4.70. The Bertz CT molecular complexity index is 239. The molecule has 1 rings (SSSR count). The first-order valence-electron chi connectivity index (χ1n) is 3.82. The van der Waals surface area contributed by atoms with Gasteiger partial charge in [-0.15, -0.1) is 0 Å². The molecule has 1 saturated carbocycles. The van der Waals surface area contributed by atoms with Crippen molar-refractivity contribution in [3.63, 3.8) is 0 Å². The maximum absolute atomic E-state index is 11.0. The molecule has 1 aliphatic rings. The van der Waals surface area contributed by atoms with E-state index in [1.54, 1.807) is 0 Å². The zero-order valence-electron chi connectivity index (χ0n) is 6.80. The van der Waals surface area contributed by atoms with Gasteiger partial charge in [0.15, 0.2) is 0 Å². The van der Waals surface area contributed by atoms with E-state index in [1.807, 2.05) is 13.8 Å². The fourth-order valence-electron chi connectivity index (χ4n) is 1.43. The molecule has 0 atom stereocenters. The molecule has 11 heavy (non-hydrogen) atoms. The van der Waals surface area contributed by atoms with Crippen molar-refractivity contribution < 1.29 is 8.42 Å². The third-order valence-electron chi connectivity index (χ3n) is 2.11. The monoisotopic (exact) mass is 196 g/mol. The number of hydrogen-bond donors (Lipinski definition) is 0. The van der Waals surface area contributed by atoms with E-state index in [0.717, 1.165) is 12.8 Å². The molecular weight excluding hydrogens is 184 g/mol. The van der Waals surface area contributed by atoms with Crippen LogP contribution in [0.4, 0.5) is 0 Å². The average Bonchev–Trinajstić information content (AvgIpc) is 2.42. The fourth-order valence-corrected chi connectivity index (χ4v) is 3.20. The zero-order chi connectivity index (χ0) is 8.70. The Morgan fingerprint density at radius 1 is 1.45 bits per heavy atom. The van der Waals surface area contributed by atoms with Crippen LogP contribution >= 0.6 is 10.7 Å². The molecule has 0 bridgehead atoms. The predicted octanol–water partition coefficient (Wildman–Crippen LogP) is 2.13. The Balaban J connectivity index is 2.70. The largest absolute Gasteiger partial charge is 0.238 e. The van der Waals surface area contributed by atoms with Crippen molar-refractivity contribution in [2.24, 2.45) is 5.92 Å². The van der Waals surface area contributed by atoms with Crippen LogP contribution in [0.25, 0.3) is 0 Å². The van der Waals surface area contributed by atoms with Gasteiger partial charge in [-0.25, -0.2) is 8.42 Å². The summed E-state index contributed by atoms with van der Waals surface area (Å²) < 4.78 is 21.5. The van der Waals surface area contributed by atoms with Crippen molar-refractivity contribution in [3.8, 4) is 0 Å². The summed E-state index contributed by atoms with van der Waals surface area (Å²) in [5.41, 5.74) is 0. The van der Waals surface area contributed by atoms with Gasteiger partial charge >= 0.3 is 0 Å². The van der Waals surface area contributed by atoms with Crippen LogP contribution in [0.15, 0.2) is 0 Å². The van der Waals surface area contributed by atoms with E-state index in [-0.39, 0.29) is 0 Å². The lowest BCUT2D eigenvalue weighted by Crippen LogP contribution is -2.19. The van der Waals surface area contributed by atoms with E-state index < -0.39 is 13.8 Å². The molecule has 0 spiro atoms. The quantitative estimate of drug-likeness (QED) is 0.649. The summed E-state index contributed by atoms with van der Waals surface area (Å²) in [7, 11) is 1.99. The summed E-state index contributed by atoms with van der Waals surface area (Å²) in [6.07, 6.45) is 2.20. The van der Waals surface area contributed by atoms with Crippen LogP contribution in [0.5, 0.6) is 0 Å². The van der Waals surface area contributed by atoms with Crippen LogP contribution < -0.4 is 0 Å². The molecule has 0 unspecified atom stereocenters. The third kappa shape index (κ3) is 1.88. The SMILES string of the molecule is CC(C)CC1(S(=O)(=O)Cl)CC1. The van der Waals surface area contributed by atoms with Crippen molar-refractivity contribution in [3.05, 3.63) is 0 Å². The molecular formula is C7H13ClO2S. The van der Waals surface area contributed by atoms with Crippen LogP contribution in [-0.2, 0) is 9.05 Å². The molecule has 0 aromatic heterocycles. The van der Waals surface area contributed by atoms with Crippen molar-refractivity contribution in [2.75, 3.05) is 0 Å². The predicted molar refractivity (Wildman–Crippen MR) is 46.2 cm³/mol. The lowest BCUT2D eigenvalue weighted by molar-refractivity contribution is 0.526. The summed E-state index contributed by atoms with van der Waals surface area (Å²) in [6, 6.07) is 0. The Morgan fingerprint density at radius 3 is 2.00 bits per heavy atom. The summed E-state index contributed by atoms with van der Waals surface area (Å²) in [5, 5.41) is 0. The van der Waals surface area contributed by atoms with Crippen LogP contribution in [0.1, 0.15) is 33.1 Å². The van der Waals surface area contributed by atoms with Crippen molar-refractivity contribution in [2.45, 2.75) is 37.9 Å². The first-order valence-corrected chi connectivity index (χ1v) is 6.12. The molecule has 0 aromatic rings. The minimum Gasteiger partial charge on any atom is -0.212 e. The van der Waals surface area contributed by atoms with E-state index in [9.17, 15) is 8.42 Å². The number of halogens is 1. The molecule has 0 aliphatic heterocycles. The van der Waals surface area contributed by atoms with Crippen LogP contribution in [-0.4, -0.2) is 13.2 Å². The van der Waals surface area contributed by atoms with Gasteiger partial charge in [0.1, 0.15) is 0 Å². The highest BCUT2D eigenvalue weighted by atomic mass is 35.7. The number of hydrogen-bond acceptors (Lipinski definition) is 2. The van der Waals surface area contributed by atoms with Gasteiger partial charge in [0, 0.05) is 10.7 Å². The summed E-state index contributed by atoms with van der Waals surface area (Å²) >= 11 is 0. The highest BCUT2D eigenvalue weighted by Gasteiger charge is 2.53. The van der Waals surface area contributed by atoms with Crippen LogP contribution in [0.3, 0.4) is 0 Å². The first-order chi connectivity index (χ1) is 4.87. The summed E-state index contributed by atoms with van der Waals surface area (Å²) in [6.45, 7) is 4.03. The van der Waals surface area contributed by atoms with Gasteiger partial charge in [-0.05, 0) is 25.2 Å². The van der Waals surface area contributed by atoms with E-state index >= 15 is 0 Å². The second kappa shape index (κ2) is 2.63. The standard InChI is InChI=1S/C7H13ClO2S/c1-6(2)5-7(3-4-7)11(8,9)10/h6H,3-5H2,1-2H3. The second-order valence-corrected chi connectivity index (χ2v) is 6.68. The van der Waals surface area contributed by atoms with Crippen molar-refractivity contribution in [1.29, 1.82) is 0 Å². The Morgan fingerprint density at radius 2 is 1.91 bits per heavy atom. The van der Waals surface area contributed by atoms with Crippen LogP contribution in [0, 0.1) is 5.92 Å². The molecule has 0 aromatic carbocycles. The van der Waals surface area contributed by atoms with Gasteiger partial charge < -0.3 is 0 Å². The highest BCUT2D eigenvalue weighted by molar-refractivity contribution is 8.15. The molecule has 66 valence electrons. The highest BCUT2D eigenvalue weighted by Crippen LogP contribution is 2.49. The lowest BCUT2D eigenvalue weighted by Gasteiger charge is -2.12. The Kier molecular flexibility index (Phi) is 2.23. The minimum atomic E-state index is -3.31. The molecule has 2 nitrogen and oxygen atoms in total. The van der Waals surface area contributed by atoms with Gasteiger partial charge in [0.2, 0.25) is 9.05 Å². The van der Waals surface area contributed by atoms with Crippen molar-refractivity contribution >= 4 is 19.7 Å². The molecule has 1 fully saturated rings. The summed E-state index contributed by atoms with van der Waals surface area (Å²) in [4.78, 5) is 0. The van der Waals surface area contributed by atoms with Crippen molar-refractivity contribution in [1.82, 2.24) is 0 Å². The molecule has 1 aliphatic carbocycles. The molecule has 0 heterocycles. The molecule has 0 N–H and O–H groups in total. The Labute approximate surface area is 72.4 Å². The molecule has 0 radical (unpaired) electrons. The second-order valence-electron chi connectivity index (χ2n) is 3.72. The van der Waals surface area contributed by atoms with E-state index in [0.29, 0.717) is 12.3 Å². The van der Waals surface area contributed by atoms with Crippen LogP contribution in [0.2, 0.25) is 0 Å². The fraction of sp³-hybridized carbons (Fsp3) is 1.00. The molecule has 0 saturated heterocycles. The maximum atomic E-state index is 11.0. The normalized spacial score (nSPS) is 22.2. The first kappa shape index (κ1) is 9.33. The van der Waals surface area contributed by atoms with Gasteiger partial charge in [0.25, 0.3) is 0 Å². The van der Waals surface area contributed by atoms with Gasteiger partial charge in [-0.1, -0.05) is 13.8 Å². The van der Waals surface area contributed by atoms with E-state index in [1.165, 1.54) is 0 Å². The lowest BCUT2D eigenvalue weighted by atomic mass is 10.1. The van der Waals surface area contributed by atoms with Gasteiger partial charge in [-0.3, -0.25) is 0 Å². The smallest absolute Gasteiger partial charge is 0.212 e. The average molecular weight is 197 g/mol. The molecule has 4 heteroatoms. The maximum Gasteiger partial charge on any atom is 0.238 e.